The van der Waals surface area contributed by atoms with Gasteiger partial charge in [-0.2, -0.15) is 0 Å². The molecule has 2 heteroatoms. The van der Waals surface area contributed by atoms with Gasteiger partial charge in [0, 0.05) is 5.54 Å². The van der Waals surface area contributed by atoms with Crippen LogP contribution in [-0.4, -0.2) is 5.54 Å². The summed E-state index contributed by atoms with van der Waals surface area (Å²) in [5, 5.41) is 0. The van der Waals surface area contributed by atoms with Crippen molar-refractivity contribution >= 4 is 0 Å². The van der Waals surface area contributed by atoms with Crippen molar-refractivity contribution < 1.29 is 4.39 Å². The van der Waals surface area contributed by atoms with Crippen molar-refractivity contribution in [2.45, 2.75) is 51.2 Å². The Kier molecular flexibility index (Phi) is 2.58. The number of nitrogens with two attached hydrogens (primary N) is 1. The highest BCUT2D eigenvalue weighted by molar-refractivity contribution is 5.35. The third kappa shape index (κ3) is 2.43. The maximum absolute atomic E-state index is 13.9. The molecule has 1 aromatic carbocycles. The monoisotopic (exact) mass is 221 g/mol. The molecule has 1 aliphatic rings. The van der Waals surface area contributed by atoms with E-state index in [9.17, 15) is 4.39 Å². The molecule has 1 saturated carbocycles. The van der Waals surface area contributed by atoms with E-state index in [4.69, 9.17) is 5.73 Å². The third-order valence-electron chi connectivity index (χ3n) is 3.47. The summed E-state index contributed by atoms with van der Waals surface area (Å²) in [5.74, 6) is 0. The molecule has 0 atom stereocenters. The molecule has 0 spiro atoms. The van der Waals surface area contributed by atoms with E-state index in [2.05, 4.69) is 6.92 Å². The summed E-state index contributed by atoms with van der Waals surface area (Å²) in [5.41, 5.74) is 7.99. The first-order chi connectivity index (χ1) is 7.30. The van der Waals surface area contributed by atoms with Gasteiger partial charge in [0.15, 0.2) is 0 Å². The van der Waals surface area contributed by atoms with E-state index in [1.165, 1.54) is 11.1 Å². The van der Waals surface area contributed by atoms with Crippen LogP contribution in [-0.2, 0) is 12.1 Å². The van der Waals surface area contributed by atoms with Crippen LogP contribution in [0.4, 0.5) is 4.39 Å². The van der Waals surface area contributed by atoms with Crippen LogP contribution in [0, 0.1) is 6.92 Å². The molecule has 0 saturated heterocycles. The number of alkyl halides is 1. The van der Waals surface area contributed by atoms with Crippen molar-refractivity contribution in [2.24, 2.45) is 5.73 Å². The molecule has 1 nitrogen and oxygen atoms in total. The van der Waals surface area contributed by atoms with Crippen molar-refractivity contribution in [3.8, 4) is 0 Å². The number of rotatable bonds is 3. The van der Waals surface area contributed by atoms with Crippen LogP contribution < -0.4 is 5.73 Å². The number of aryl methyl sites for hydroxylation is 1. The van der Waals surface area contributed by atoms with Crippen molar-refractivity contribution in [1.82, 2.24) is 0 Å². The fourth-order valence-electron chi connectivity index (χ4n) is 1.95. The summed E-state index contributed by atoms with van der Waals surface area (Å²) < 4.78 is 13.9. The molecule has 1 aromatic rings. The largest absolute Gasteiger partial charge is 0.325 e. The van der Waals surface area contributed by atoms with Gasteiger partial charge in [-0.15, -0.1) is 0 Å². The summed E-state index contributed by atoms with van der Waals surface area (Å²) in [7, 11) is 0. The Morgan fingerprint density at radius 2 is 2.00 bits per heavy atom. The molecule has 0 heterocycles. The van der Waals surface area contributed by atoms with E-state index in [0.717, 1.165) is 24.8 Å². The smallest absolute Gasteiger partial charge is 0.130 e. The van der Waals surface area contributed by atoms with Gasteiger partial charge in [-0.25, -0.2) is 4.39 Å². The third-order valence-corrected chi connectivity index (χ3v) is 3.47. The Morgan fingerprint density at radius 1 is 1.38 bits per heavy atom. The number of hydrogen-bond donors (Lipinski definition) is 1. The predicted octanol–water partition coefficient (Wildman–Crippen LogP) is 3.23. The van der Waals surface area contributed by atoms with Crippen molar-refractivity contribution in [3.63, 3.8) is 0 Å². The zero-order valence-corrected chi connectivity index (χ0v) is 10.3. The van der Waals surface area contributed by atoms with Gasteiger partial charge in [0.25, 0.3) is 0 Å². The first-order valence-electron chi connectivity index (χ1n) is 5.88. The number of hydrogen-bond acceptors (Lipinski definition) is 1. The molecule has 0 unspecified atom stereocenters. The molecule has 16 heavy (non-hydrogen) atoms. The maximum atomic E-state index is 13.9. The predicted molar refractivity (Wildman–Crippen MR) is 65.2 cm³/mol. The minimum absolute atomic E-state index is 0.0101. The molecule has 2 rings (SSSR count). The van der Waals surface area contributed by atoms with Gasteiger partial charge in [-0.05, 0) is 56.7 Å². The van der Waals surface area contributed by atoms with E-state index in [0.29, 0.717) is 0 Å². The van der Waals surface area contributed by atoms with Crippen molar-refractivity contribution in [2.75, 3.05) is 0 Å². The highest BCUT2D eigenvalue weighted by Gasteiger charge is 2.38. The minimum atomic E-state index is -1.27. The second-order valence-electron chi connectivity index (χ2n) is 5.65. The number of benzene rings is 1. The molecule has 0 aromatic heterocycles. The fourth-order valence-corrected chi connectivity index (χ4v) is 1.95. The number of halogens is 1. The average molecular weight is 221 g/mol. The second kappa shape index (κ2) is 3.56. The lowest BCUT2D eigenvalue weighted by molar-refractivity contribution is 0.221. The Bertz CT molecular complexity index is 400. The van der Waals surface area contributed by atoms with Crippen molar-refractivity contribution in [1.29, 1.82) is 0 Å². The molecular formula is C14H20FN. The van der Waals surface area contributed by atoms with Crippen molar-refractivity contribution in [3.05, 3.63) is 34.9 Å². The van der Waals surface area contributed by atoms with Crippen LogP contribution >= 0.6 is 0 Å². The maximum Gasteiger partial charge on any atom is 0.130 e. The first kappa shape index (κ1) is 11.6. The quantitative estimate of drug-likeness (QED) is 0.833. The summed E-state index contributed by atoms with van der Waals surface area (Å²) in [4.78, 5) is 0. The molecule has 0 aliphatic heterocycles. The Morgan fingerprint density at radius 3 is 2.50 bits per heavy atom. The van der Waals surface area contributed by atoms with Gasteiger partial charge in [-0.1, -0.05) is 18.2 Å². The summed E-state index contributed by atoms with van der Waals surface area (Å²) in [6.45, 7) is 5.25. The molecule has 1 fully saturated rings. The van der Waals surface area contributed by atoms with E-state index in [-0.39, 0.29) is 5.54 Å². The Balaban J connectivity index is 2.29. The highest BCUT2D eigenvalue weighted by Crippen LogP contribution is 2.37. The van der Waals surface area contributed by atoms with Gasteiger partial charge in [-0.3, -0.25) is 0 Å². The van der Waals surface area contributed by atoms with Gasteiger partial charge in [0.2, 0.25) is 0 Å². The first-order valence-corrected chi connectivity index (χ1v) is 5.88. The van der Waals surface area contributed by atoms with Crippen LogP contribution in [0.15, 0.2) is 18.2 Å². The van der Waals surface area contributed by atoms with E-state index in [1.54, 1.807) is 13.8 Å². The molecule has 1 aliphatic carbocycles. The Hall–Kier alpha value is -0.890. The zero-order chi connectivity index (χ0) is 12.0. The van der Waals surface area contributed by atoms with Crippen LogP contribution in [0.3, 0.4) is 0 Å². The second-order valence-corrected chi connectivity index (χ2v) is 5.65. The standard InChI is InChI=1S/C14H20FN/c1-10-4-5-12(13(2,3)15)8-11(10)9-14(16)6-7-14/h4-5,8H,6-7,9,16H2,1-3H3. The minimum Gasteiger partial charge on any atom is -0.325 e. The average Bonchev–Trinajstić information content (AvgIpc) is 2.86. The lowest BCUT2D eigenvalue weighted by atomic mass is 9.92. The molecule has 88 valence electrons. The van der Waals surface area contributed by atoms with E-state index < -0.39 is 5.67 Å². The van der Waals surface area contributed by atoms with Gasteiger partial charge in [0.1, 0.15) is 5.67 Å². The SMILES string of the molecule is Cc1ccc(C(C)(C)F)cc1CC1(N)CC1. The molecule has 0 radical (unpaired) electrons. The van der Waals surface area contributed by atoms with Gasteiger partial charge >= 0.3 is 0 Å². The normalized spacial score (nSPS) is 18.6. The van der Waals surface area contributed by atoms with Gasteiger partial charge in [0.05, 0.1) is 0 Å². The van der Waals surface area contributed by atoms with Crippen LogP contribution in [0.25, 0.3) is 0 Å². The van der Waals surface area contributed by atoms with Crippen LogP contribution in [0.5, 0.6) is 0 Å². The summed E-state index contributed by atoms with van der Waals surface area (Å²) >= 11 is 0. The molecular weight excluding hydrogens is 201 g/mol. The lowest BCUT2D eigenvalue weighted by Gasteiger charge is -2.18. The topological polar surface area (TPSA) is 26.0 Å². The van der Waals surface area contributed by atoms with Crippen LogP contribution in [0.2, 0.25) is 0 Å². The summed E-state index contributed by atoms with van der Waals surface area (Å²) in [6.07, 6.45) is 3.06. The highest BCUT2D eigenvalue weighted by atomic mass is 19.1. The van der Waals surface area contributed by atoms with E-state index >= 15 is 0 Å². The zero-order valence-electron chi connectivity index (χ0n) is 10.3. The molecule has 0 amide bonds. The Labute approximate surface area is 96.9 Å². The fraction of sp³-hybridized carbons (Fsp3) is 0.571. The molecule has 0 bridgehead atoms. The summed E-state index contributed by atoms with van der Waals surface area (Å²) in [6, 6.07) is 5.84. The van der Waals surface area contributed by atoms with Gasteiger partial charge < -0.3 is 5.73 Å². The van der Waals surface area contributed by atoms with E-state index in [1.807, 2.05) is 18.2 Å². The molecule has 2 N–H and O–H groups in total. The van der Waals surface area contributed by atoms with Crippen LogP contribution in [0.1, 0.15) is 43.4 Å². The lowest BCUT2D eigenvalue weighted by Crippen LogP contribution is -2.25.